The summed E-state index contributed by atoms with van der Waals surface area (Å²) in [5.74, 6) is -0.459. The molecule has 7 heteroatoms. The van der Waals surface area contributed by atoms with Crippen molar-refractivity contribution in [2.75, 3.05) is 26.1 Å². The van der Waals surface area contributed by atoms with Crippen LogP contribution >= 0.6 is 0 Å². The fraction of sp³-hybridized carbons (Fsp3) is 0.357. The molecule has 0 saturated heterocycles. The monoisotopic (exact) mass is 291 g/mol. The first-order valence-electron chi connectivity index (χ1n) is 6.19. The van der Waals surface area contributed by atoms with E-state index in [0.717, 1.165) is 0 Å². The van der Waals surface area contributed by atoms with E-state index in [9.17, 15) is 9.59 Å². The van der Waals surface area contributed by atoms with E-state index in [0.29, 0.717) is 17.0 Å². The van der Waals surface area contributed by atoms with Crippen LogP contribution in [0.15, 0.2) is 18.2 Å². The molecule has 0 heterocycles. The molecule has 0 aromatic heterocycles. The van der Waals surface area contributed by atoms with Crippen LogP contribution in [-0.4, -0.2) is 38.7 Å². The molecule has 0 aliphatic rings. The Balaban J connectivity index is 2.92. The standard InChI is InChI=1S/C14H17N3O4/c1-9(18)17-11(14(19)21-3)8-16-13-10(7-15)5-4-6-12(13)20-2/h4-6,11,16H,8H2,1-3H3,(H,17,18). The Morgan fingerprint density at radius 3 is 2.62 bits per heavy atom. The number of benzene rings is 1. The van der Waals surface area contributed by atoms with Crippen molar-refractivity contribution < 1.29 is 19.1 Å². The van der Waals surface area contributed by atoms with Crippen LogP contribution < -0.4 is 15.4 Å². The number of esters is 1. The third-order valence-corrected chi connectivity index (χ3v) is 2.71. The number of nitriles is 1. The van der Waals surface area contributed by atoms with Gasteiger partial charge in [-0.1, -0.05) is 6.07 Å². The maximum atomic E-state index is 11.6. The molecule has 2 N–H and O–H groups in total. The summed E-state index contributed by atoms with van der Waals surface area (Å²) in [6.07, 6.45) is 0. The number of amides is 1. The molecule has 112 valence electrons. The Kier molecular flexibility index (Phi) is 6.01. The van der Waals surface area contributed by atoms with Gasteiger partial charge in [0.2, 0.25) is 5.91 Å². The van der Waals surface area contributed by atoms with Crippen LogP contribution in [0.1, 0.15) is 12.5 Å². The van der Waals surface area contributed by atoms with Gasteiger partial charge in [0.15, 0.2) is 0 Å². The molecule has 1 unspecified atom stereocenters. The van der Waals surface area contributed by atoms with E-state index in [-0.39, 0.29) is 12.5 Å². The van der Waals surface area contributed by atoms with Gasteiger partial charge in [-0.05, 0) is 12.1 Å². The molecule has 0 radical (unpaired) electrons. The van der Waals surface area contributed by atoms with Gasteiger partial charge in [-0.15, -0.1) is 0 Å². The molecule has 21 heavy (non-hydrogen) atoms. The lowest BCUT2D eigenvalue weighted by molar-refractivity contribution is -0.144. The normalized spacial score (nSPS) is 11.0. The average molecular weight is 291 g/mol. The first-order valence-corrected chi connectivity index (χ1v) is 6.19. The minimum Gasteiger partial charge on any atom is -0.495 e. The first kappa shape index (κ1) is 16.3. The van der Waals surface area contributed by atoms with Crippen molar-refractivity contribution in [2.24, 2.45) is 0 Å². The van der Waals surface area contributed by atoms with Gasteiger partial charge in [0.1, 0.15) is 17.9 Å². The van der Waals surface area contributed by atoms with E-state index in [1.807, 2.05) is 6.07 Å². The number of carbonyl (C=O) groups excluding carboxylic acids is 2. The third-order valence-electron chi connectivity index (χ3n) is 2.71. The third kappa shape index (κ3) is 4.38. The molecule has 1 atom stereocenters. The van der Waals surface area contributed by atoms with Crippen molar-refractivity contribution in [3.8, 4) is 11.8 Å². The van der Waals surface area contributed by atoms with Gasteiger partial charge in [-0.25, -0.2) is 4.79 Å². The summed E-state index contributed by atoms with van der Waals surface area (Å²) in [6.45, 7) is 1.38. The number of carbonyl (C=O) groups is 2. The van der Waals surface area contributed by atoms with E-state index in [1.165, 1.54) is 21.1 Å². The van der Waals surface area contributed by atoms with E-state index >= 15 is 0 Å². The number of anilines is 1. The number of methoxy groups -OCH3 is 2. The number of nitrogens with one attached hydrogen (secondary N) is 2. The predicted molar refractivity (Wildman–Crippen MR) is 75.8 cm³/mol. The van der Waals surface area contributed by atoms with Crippen molar-refractivity contribution in [1.82, 2.24) is 5.32 Å². The summed E-state index contributed by atoms with van der Waals surface area (Å²) in [6, 6.07) is 6.17. The van der Waals surface area contributed by atoms with E-state index < -0.39 is 12.0 Å². The summed E-state index contributed by atoms with van der Waals surface area (Å²) in [5.41, 5.74) is 0.836. The molecule has 7 nitrogen and oxygen atoms in total. The van der Waals surface area contributed by atoms with Crippen LogP contribution in [0, 0.1) is 11.3 Å². The molecule has 0 aliphatic carbocycles. The Hall–Kier alpha value is -2.75. The van der Waals surface area contributed by atoms with Gasteiger partial charge in [-0.3, -0.25) is 4.79 Å². The average Bonchev–Trinajstić information content (AvgIpc) is 2.49. The zero-order valence-corrected chi connectivity index (χ0v) is 12.1. The molecule has 0 saturated carbocycles. The van der Waals surface area contributed by atoms with Gasteiger partial charge in [0.25, 0.3) is 0 Å². The second-order valence-electron chi connectivity index (χ2n) is 4.15. The van der Waals surface area contributed by atoms with Crippen molar-refractivity contribution >= 4 is 17.6 Å². The smallest absolute Gasteiger partial charge is 0.330 e. The van der Waals surface area contributed by atoms with Crippen LogP contribution in [0.3, 0.4) is 0 Å². The lowest BCUT2D eigenvalue weighted by Gasteiger charge is -2.18. The topological polar surface area (TPSA) is 100 Å². The van der Waals surface area contributed by atoms with E-state index in [4.69, 9.17) is 10.00 Å². The molecular formula is C14H17N3O4. The molecule has 0 fully saturated rings. The second-order valence-corrected chi connectivity index (χ2v) is 4.15. The number of hydrogen-bond donors (Lipinski definition) is 2. The fourth-order valence-corrected chi connectivity index (χ4v) is 1.76. The Labute approximate surface area is 122 Å². The van der Waals surface area contributed by atoms with Crippen molar-refractivity contribution in [1.29, 1.82) is 5.26 Å². The van der Waals surface area contributed by atoms with Gasteiger partial charge >= 0.3 is 5.97 Å². The van der Waals surface area contributed by atoms with Crippen LogP contribution in [0.5, 0.6) is 5.75 Å². The van der Waals surface area contributed by atoms with Crippen molar-refractivity contribution in [3.63, 3.8) is 0 Å². The Morgan fingerprint density at radius 2 is 2.10 bits per heavy atom. The summed E-state index contributed by atoms with van der Waals surface area (Å²) in [5, 5.41) is 14.5. The molecule has 1 rings (SSSR count). The molecular weight excluding hydrogens is 274 g/mol. The minimum absolute atomic E-state index is 0.0707. The number of nitrogens with zero attached hydrogens (tertiary/aromatic N) is 1. The fourth-order valence-electron chi connectivity index (χ4n) is 1.76. The van der Waals surface area contributed by atoms with Gasteiger partial charge in [-0.2, -0.15) is 5.26 Å². The SMILES string of the molecule is COC(=O)C(CNc1c(C#N)cccc1OC)NC(C)=O. The van der Waals surface area contributed by atoms with Crippen LogP contribution in [0.4, 0.5) is 5.69 Å². The molecule has 1 amide bonds. The number of rotatable bonds is 6. The molecule has 0 bridgehead atoms. The zero-order chi connectivity index (χ0) is 15.8. The van der Waals surface area contributed by atoms with Crippen molar-refractivity contribution in [3.05, 3.63) is 23.8 Å². The second kappa shape index (κ2) is 7.75. The summed E-state index contributed by atoms with van der Waals surface area (Å²) in [4.78, 5) is 22.7. The zero-order valence-electron chi connectivity index (χ0n) is 12.1. The highest BCUT2D eigenvalue weighted by molar-refractivity contribution is 5.84. The summed E-state index contributed by atoms with van der Waals surface area (Å²) in [7, 11) is 2.72. The van der Waals surface area contributed by atoms with Gasteiger partial charge in [0.05, 0.1) is 25.5 Å². The highest BCUT2D eigenvalue weighted by Gasteiger charge is 2.21. The first-order chi connectivity index (χ1) is 10.0. The molecule has 1 aromatic carbocycles. The van der Waals surface area contributed by atoms with E-state index in [1.54, 1.807) is 18.2 Å². The predicted octanol–water partition coefficient (Wildman–Crippen LogP) is 0.656. The number of para-hydroxylation sites is 1. The van der Waals surface area contributed by atoms with Gasteiger partial charge in [0, 0.05) is 13.5 Å². The quantitative estimate of drug-likeness (QED) is 0.747. The highest BCUT2D eigenvalue weighted by atomic mass is 16.5. The van der Waals surface area contributed by atoms with Crippen LogP contribution in [0.25, 0.3) is 0 Å². The van der Waals surface area contributed by atoms with E-state index in [2.05, 4.69) is 15.4 Å². The van der Waals surface area contributed by atoms with Crippen LogP contribution in [0.2, 0.25) is 0 Å². The maximum absolute atomic E-state index is 11.6. The molecule has 1 aromatic rings. The van der Waals surface area contributed by atoms with Crippen LogP contribution in [-0.2, 0) is 14.3 Å². The summed E-state index contributed by atoms with van der Waals surface area (Å²) < 4.78 is 9.80. The lowest BCUT2D eigenvalue weighted by Crippen LogP contribution is -2.45. The molecule has 0 aliphatic heterocycles. The number of ether oxygens (including phenoxy) is 2. The minimum atomic E-state index is -0.857. The highest BCUT2D eigenvalue weighted by Crippen LogP contribution is 2.27. The van der Waals surface area contributed by atoms with Gasteiger partial charge < -0.3 is 20.1 Å². The Morgan fingerprint density at radius 1 is 1.38 bits per heavy atom. The lowest BCUT2D eigenvalue weighted by atomic mass is 10.1. The maximum Gasteiger partial charge on any atom is 0.330 e. The van der Waals surface area contributed by atoms with Crippen molar-refractivity contribution in [2.45, 2.75) is 13.0 Å². The Bertz CT molecular complexity index is 566. The largest absolute Gasteiger partial charge is 0.495 e. The molecule has 0 spiro atoms. The summed E-state index contributed by atoms with van der Waals surface area (Å²) >= 11 is 0. The number of hydrogen-bond acceptors (Lipinski definition) is 6.